The molecule has 0 fully saturated rings. The van der Waals surface area contributed by atoms with E-state index >= 15 is 0 Å². The zero-order chi connectivity index (χ0) is 9.10. The molecule has 1 heterocycles. The molecule has 0 saturated heterocycles. The third-order valence-corrected chi connectivity index (χ3v) is 1.97. The molecule has 0 atom stereocenters. The summed E-state index contributed by atoms with van der Waals surface area (Å²) in [6.07, 6.45) is 4.03. The Morgan fingerprint density at radius 2 is 2.00 bits per heavy atom. The Hall–Kier alpha value is -1.70. The van der Waals surface area contributed by atoms with Crippen molar-refractivity contribution in [2.24, 2.45) is 0 Å². The molecule has 2 nitrogen and oxygen atoms in total. The van der Waals surface area contributed by atoms with Crippen LogP contribution in [0.3, 0.4) is 0 Å². The topological polar surface area (TPSA) is 33.4 Å². The second-order valence-electron chi connectivity index (χ2n) is 2.94. The van der Waals surface area contributed by atoms with Crippen LogP contribution in [0.25, 0.3) is 0 Å². The van der Waals surface area contributed by atoms with Crippen molar-refractivity contribution in [1.29, 1.82) is 0 Å². The van der Waals surface area contributed by atoms with Crippen molar-refractivity contribution in [2.75, 3.05) is 0 Å². The first-order valence-electron chi connectivity index (χ1n) is 4.14. The molecule has 0 bridgehead atoms. The smallest absolute Gasteiger partial charge is 0.119 e. The zero-order valence-electron chi connectivity index (χ0n) is 7.10. The van der Waals surface area contributed by atoms with Crippen molar-refractivity contribution < 1.29 is 9.52 Å². The molecule has 2 heteroatoms. The van der Waals surface area contributed by atoms with Crippen molar-refractivity contribution in [3.63, 3.8) is 0 Å². The highest BCUT2D eigenvalue weighted by molar-refractivity contribution is 5.35. The lowest BCUT2D eigenvalue weighted by atomic mass is 10.1. The standard InChI is InChI=1S/C11H10O2/c12-11-4-2-1-3-10(11)7-9-5-6-13-8-9/h1-6,8,12H,7H2. The highest BCUT2D eigenvalue weighted by Crippen LogP contribution is 2.19. The minimum Gasteiger partial charge on any atom is -0.508 e. The van der Waals surface area contributed by atoms with Crippen LogP contribution in [0.4, 0.5) is 0 Å². The predicted molar refractivity (Wildman–Crippen MR) is 49.6 cm³/mol. The third-order valence-electron chi connectivity index (χ3n) is 1.97. The van der Waals surface area contributed by atoms with Gasteiger partial charge in [-0.3, -0.25) is 0 Å². The fourth-order valence-electron chi connectivity index (χ4n) is 1.27. The van der Waals surface area contributed by atoms with Crippen LogP contribution in [-0.4, -0.2) is 5.11 Å². The summed E-state index contributed by atoms with van der Waals surface area (Å²) in [5.41, 5.74) is 1.99. The van der Waals surface area contributed by atoms with Gasteiger partial charge in [-0.15, -0.1) is 0 Å². The largest absolute Gasteiger partial charge is 0.508 e. The maximum atomic E-state index is 9.48. The van der Waals surface area contributed by atoms with Gasteiger partial charge < -0.3 is 9.52 Å². The summed E-state index contributed by atoms with van der Waals surface area (Å²) in [5.74, 6) is 0.337. The van der Waals surface area contributed by atoms with Crippen LogP contribution in [-0.2, 0) is 6.42 Å². The minimum atomic E-state index is 0.337. The number of hydrogen-bond acceptors (Lipinski definition) is 2. The van der Waals surface area contributed by atoms with Crippen molar-refractivity contribution >= 4 is 0 Å². The van der Waals surface area contributed by atoms with Crippen LogP contribution in [0.2, 0.25) is 0 Å². The number of phenolic OH excluding ortho intramolecular Hbond substituents is 1. The van der Waals surface area contributed by atoms with Gasteiger partial charge in [-0.25, -0.2) is 0 Å². The molecule has 2 rings (SSSR count). The number of benzene rings is 1. The van der Waals surface area contributed by atoms with Crippen LogP contribution < -0.4 is 0 Å². The molecule has 2 aromatic rings. The Labute approximate surface area is 76.4 Å². The van der Waals surface area contributed by atoms with Gasteiger partial charge in [0.25, 0.3) is 0 Å². The van der Waals surface area contributed by atoms with Crippen LogP contribution in [0, 0.1) is 0 Å². The first-order chi connectivity index (χ1) is 6.36. The van der Waals surface area contributed by atoms with Crippen molar-refractivity contribution in [2.45, 2.75) is 6.42 Å². The van der Waals surface area contributed by atoms with E-state index in [0.29, 0.717) is 12.2 Å². The maximum Gasteiger partial charge on any atom is 0.119 e. The number of phenols is 1. The van der Waals surface area contributed by atoms with E-state index in [1.807, 2.05) is 24.3 Å². The average Bonchev–Trinajstić information content (AvgIpc) is 2.61. The molecule has 13 heavy (non-hydrogen) atoms. The van der Waals surface area contributed by atoms with E-state index in [-0.39, 0.29) is 0 Å². The van der Waals surface area contributed by atoms with E-state index in [9.17, 15) is 5.11 Å². The Kier molecular flexibility index (Phi) is 2.04. The summed E-state index contributed by atoms with van der Waals surface area (Å²) >= 11 is 0. The molecule has 0 radical (unpaired) electrons. The van der Waals surface area contributed by atoms with Crippen LogP contribution in [0.15, 0.2) is 47.3 Å². The lowest BCUT2D eigenvalue weighted by Gasteiger charge is -2.00. The highest BCUT2D eigenvalue weighted by Gasteiger charge is 2.01. The van der Waals surface area contributed by atoms with E-state index in [1.165, 1.54) is 0 Å². The van der Waals surface area contributed by atoms with Gasteiger partial charge in [-0.2, -0.15) is 0 Å². The molecule has 0 amide bonds. The fourth-order valence-corrected chi connectivity index (χ4v) is 1.27. The summed E-state index contributed by atoms with van der Waals surface area (Å²) in [6, 6.07) is 9.22. The number of furan rings is 1. The molecule has 0 aliphatic rings. The summed E-state index contributed by atoms with van der Waals surface area (Å²) < 4.78 is 4.94. The van der Waals surface area contributed by atoms with Gasteiger partial charge in [0.2, 0.25) is 0 Å². The normalized spacial score (nSPS) is 10.2. The van der Waals surface area contributed by atoms with Gasteiger partial charge in [0, 0.05) is 6.42 Å². The number of aromatic hydroxyl groups is 1. The summed E-state index contributed by atoms with van der Waals surface area (Å²) in [6.45, 7) is 0. The molecule has 0 spiro atoms. The molecule has 0 saturated carbocycles. The summed E-state index contributed by atoms with van der Waals surface area (Å²) in [7, 11) is 0. The van der Waals surface area contributed by atoms with Gasteiger partial charge in [0.15, 0.2) is 0 Å². The van der Waals surface area contributed by atoms with Crippen LogP contribution >= 0.6 is 0 Å². The lowest BCUT2D eigenvalue weighted by molar-refractivity contribution is 0.469. The van der Waals surface area contributed by atoms with E-state index in [0.717, 1.165) is 11.1 Å². The van der Waals surface area contributed by atoms with E-state index in [1.54, 1.807) is 18.6 Å². The first-order valence-corrected chi connectivity index (χ1v) is 4.14. The second-order valence-corrected chi connectivity index (χ2v) is 2.94. The fraction of sp³-hybridized carbons (Fsp3) is 0.0909. The Morgan fingerprint density at radius 1 is 1.15 bits per heavy atom. The zero-order valence-corrected chi connectivity index (χ0v) is 7.10. The lowest BCUT2D eigenvalue weighted by Crippen LogP contribution is -1.85. The predicted octanol–water partition coefficient (Wildman–Crippen LogP) is 2.58. The molecule has 1 N–H and O–H groups in total. The Balaban J connectivity index is 2.24. The van der Waals surface area contributed by atoms with Gasteiger partial charge in [0.05, 0.1) is 12.5 Å². The van der Waals surface area contributed by atoms with Crippen LogP contribution in [0.1, 0.15) is 11.1 Å². The van der Waals surface area contributed by atoms with Gasteiger partial charge in [-0.05, 0) is 23.3 Å². The number of hydrogen-bond donors (Lipinski definition) is 1. The quantitative estimate of drug-likeness (QED) is 0.759. The van der Waals surface area contributed by atoms with E-state index in [4.69, 9.17) is 4.42 Å². The first kappa shape index (κ1) is 7.92. The molecule has 0 aliphatic carbocycles. The summed E-state index contributed by atoms with van der Waals surface area (Å²) in [5, 5.41) is 9.48. The molecule has 1 aromatic carbocycles. The molecule has 1 aromatic heterocycles. The second kappa shape index (κ2) is 3.35. The molecular formula is C11H10O2. The SMILES string of the molecule is Oc1ccccc1Cc1ccoc1. The van der Waals surface area contributed by atoms with E-state index < -0.39 is 0 Å². The Bertz CT molecular complexity index is 377. The van der Waals surface area contributed by atoms with Crippen molar-refractivity contribution in [1.82, 2.24) is 0 Å². The van der Waals surface area contributed by atoms with Gasteiger partial charge >= 0.3 is 0 Å². The Morgan fingerprint density at radius 3 is 2.69 bits per heavy atom. The third kappa shape index (κ3) is 1.72. The van der Waals surface area contributed by atoms with E-state index in [2.05, 4.69) is 0 Å². The summed E-state index contributed by atoms with van der Waals surface area (Å²) in [4.78, 5) is 0. The minimum absolute atomic E-state index is 0.337. The monoisotopic (exact) mass is 174 g/mol. The van der Waals surface area contributed by atoms with Crippen molar-refractivity contribution in [3.05, 3.63) is 54.0 Å². The molecule has 0 aliphatic heterocycles. The van der Waals surface area contributed by atoms with Crippen molar-refractivity contribution in [3.8, 4) is 5.75 Å². The van der Waals surface area contributed by atoms with Crippen LogP contribution in [0.5, 0.6) is 5.75 Å². The average molecular weight is 174 g/mol. The molecular weight excluding hydrogens is 164 g/mol. The molecule has 0 unspecified atom stereocenters. The maximum absolute atomic E-state index is 9.48. The molecule has 66 valence electrons. The highest BCUT2D eigenvalue weighted by atomic mass is 16.3. The number of para-hydroxylation sites is 1. The van der Waals surface area contributed by atoms with Gasteiger partial charge in [0.1, 0.15) is 5.75 Å². The van der Waals surface area contributed by atoms with Gasteiger partial charge in [-0.1, -0.05) is 18.2 Å². The number of rotatable bonds is 2.